The van der Waals surface area contributed by atoms with Gasteiger partial charge in [0.15, 0.2) is 0 Å². The van der Waals surface area contributed by atoms with Crippen LogP contribution in [-0.2, 0) is 12.8 Å². The summed E-state index contributed by atoms with van der Waals surface area (Å²) in [6, 6.07) is 12.2. The molecule has 2 aromatic rings. The number of ether oxygens (including phenoxy) is 1. The third kappa shape index (κ3) is 3.28. The van der Waals surface area contributed by atoms with Gasteiger partial charge >= 0.3 is 0 Å². The van der Waals surface area contributed by atoms with Crippen LogP contribution in [-0.4, -0.2) is 17.1 Å². The van der Waals surface area contributed by atoms with Gasteiger partial charge in [0.25, 0.3) is 0 Å². The number of rotatable bonds is 4. The van der Waals surface area contributed by atoms with Crippen LogP contribution in [0.15, 0.2) is 36.4 Å². The van der Waals surface area contributed by atoms with Gasteiger partial charge in [0.05, 0.1) is 7.11 Å². The Morgan fingerprint density at radius 3 is 2.53 bits per heavy atom. The van der Waals surface area contributed by atoms with Gasteiger partial charge in [-0.2, -0.15) is 4.98 Å². The topological polar surface area (TPSA) is 35.0 Å². The Bertz CT molecular complexity index is 483. The Labute approximate surface area is 102 Å². The first-order valence-corrected chi connectivity index (χ1v) is 5.70. The molecule has 17 heavy (non-hydrogen) atoms. The minimum Gasteiger partial charge on any atom is -0.481 e. The number of hydrogen-bond acceptors (Lipinski definition) is 3. The van der Waals surface area contributed by atoms with E-state index in [1.54, 1.807) is 7.11 Å². The van der Waals surface area contributed by atoms with Gasteiger partial charge in [-0.25, -0.2) is 4.98 Å². The van der Waals surface area contributed by atoms with Crippen LogP contribution in [0, 0.1) is 6.92 Å². The summed E-state index contributed by atoms with van der Waals surface area (Å²) in [5, 5.41) is 0. The third-order valence-corrected chi connectivity index (χ3v) is 2.57. The Hall–Kier alpha value is -1.90. The van der Waals surface area contributed by atoms with Crippen molar-refractivity contribution in [2.45, 2.75) is 19.8 Å². The molecule has 0 aliphatic rings. The molecule has 0 fully saturated rings. The molecule has 0 saturated carbocycles. The normalized spacial score (nSPS) is 10.2. The Morgan fingerprint density at radius 1 is 1.06 bits per heavy atom. The van der Waals surface area contributed by atoms with Crippen LogP contribution in [0.4, 0.5) is 0 Å². The first-order chi connectivity index (χ1) is 8.28. The minimum absolute atomic E-state index is 0.639. The standard InChI is InChI=1S/C14H16N2O/c1-11-10-14(17-2)16-13(15-11)9-8-12-6-4-3-5-7-12/h3-7,10H,8-9H2,1-2H3. The maximum atomic E-state index is 5.14. The fourth-order valence-electron chi connectivity index (χ4n) is 1.72. The van der Waals surface area contributed by atoms with Crippen LogP contribution >= 0.6 is 0 Å². The lowest BCUT2D eigenvalue weighted by Gasteiger charge is -2.05. The molecule has 0 saturated heterocycles. The van der Waals surface area contributed by atoms with E-state index in [2.05, 4.69) is 22.1 Å². The summed E-state index contributed by atoms with van der Waals surface area (Å²) in [5.74, 6) is 1.48. The molecule has 0 aliphatic heterocycles. The van der Waals surface area contributed by atoms with Crippen LogP contribution in [0.3, 0.4) is 0 Å². The van der Waals surface area contributed by atoms with Gasteiger partial charge in [-0.05, 0) is 18.9 Å². The Balaban J connectivity index is 2.06. The SMILES string of the molecule is COc1cc(C)nc(CCc2ccccc2)n1. The van der Waals surface area contributed by atoms with E-state index in [1.807, 2.05) is 31.2 Å². The van der Waals surface area contributed by atoms with Crippen molar-refractivity contribution in [2.75, 3.05) is 7.11 Å². The second-order valence-corrected chi connectivity index (χ2v) is 3.95. The van der Waals surface area contributed by atoms with Crippen LogP contribution in [0.5, 0.6) is 5.88 Å². The van der Waals surface area contributed by atoms with Gasteiger partial charge < -0.3 is 4.74 Å². The average Bonchev–Trinajstić information content (AvgIpc) is 2.37. The average molecular weight is 228 g/mol. The molecule has 0 bridgehead atoms. The number of methoxy groups -OCH3 is 1. The Morgan fingerprint density at radius 2 is 1.82 bits per heavy atom. The zero-order chi connectivity index (χ0) is 12.1. The van der Waals surface area contributed by atoms with Crippen molar-refractivity contribution >= 4 is 0 Å². The van der Waals surface area contributed by atoms with Crippen molar-refractivity contribution in [3.63, 3.8) is 0 Å². The van der Waals surface area contributed by atoms with Crippen molar-refractivity contribution in [1.29, 1.82) is 0 Å². The largest absolute Gasteiger partial charge is 0.481 e. The molecule has 88 valence electrons. The highest BCUT2D eigenvalue weighted by atomic mass is 16.5. The molecular formula is C14H16N2O. The summed E-state index contributed by atoms with van der Waals surface area (Å²) < 4.78 is 5.14. The fraction of sp³-hybridized carbons (Fsp3) is 0.286. The third-order valence-electron chi connectivity index (χ3n) is 2.57. The second-order valence-electron chi connectivity index (χ2n) is 3.95. The summed E-state index contributed by atoms with van der Waals surface area (Å²) in [4.78, 5) is 8.74. The fourth-order valence-corrected chi connectivity index (χ4v) is 1.72. The first-order valence-electron chi connectivity index (χ1n) is 5.70. The van der Waals surface area contributed by atoms with Crippen molar-refractivity contribution in [3.05, 3.63) is 53.5 Å². The predicted octanol–water partition coefficient (Wildman–Crippen LogP) is 2.58. The Kier molecular flexibility index (Phi) is 3.70. The highest BCUT2D eigenvalue weighted by Gasteiger charge is 2.02. The lowest BCUT2D eigenvalue weighted by atomic mass is 10.1. The molecule has 0 N–H and O–H groups in total. The van der Waals surface area contributed by atoms with Gasteiger partial charge in [-0.3, -0.25) is 0 Å². The van der Waals surface area contributed by atoms with Crippen LogP contribution in [0.2, 0.25) is 0 Å². The van der Waals surface area contributed by atoms with Gasteiger partial charge in [0.1, 0.15) is 5.82 Å². The number of benzene rings is 1. The minimum atomic E-state index is 0.639. The van der Waals surface area contributed by atoms with Gasteiger partial charge in [0, 0.05) is 18.2 Å². The highest BCUT2D eigenvalue weighted by molar-refractivity contribution is 5.18. The highest BCUT2D eigenvalue weighted by Crippen LogP contribution is 2.10. The maximum absolute atomic E-state index is 5.14. The molecule has 1 heterocycles. The molecule has 2 rings (SSSR count). The lowest BCUT2D eigenvalue weighted by molar-refractivity contribution is 0.394. The molecule has 1 aromatic carbocycles. The molecule has 0 aliphatic carbocycles. The van der Waals surface area contributed by atoms with Gasteiger partial charge in [-0.1, -0.05) is 30.3 Å². The van der Waals surface area contributed by atoms with Crippen molar-refractivity contribution in [1.82, 2.24) is 9.97 Å². The zero-order valence-corrected chi connectivity index (χ0v) is 10.2. The molecule has 0 atom stereocenters. The molecule has 0 radical (unpaired) electrons. The van der Waals surface area contributed by atoms with E-state index < -0.39 is 0 Å². The maximum Gasteiger partial charge on any atom is 0.216 e. The lowest BCUT2D eigenvalue weighted by Crippen LogP contribution is -2.01. The summed E-state index contributed by atoms with van der Waals surface area (Å²) in [6.45, 7) is 1.95. The van der Waals surface area contributed by atoms with Crippen LogP contribution in [0.1, 0.15) is 17.1 Å². The van der Waals surface area contributed by atoms with Crippen LogP contribution in [0.25, 0.3) is 0 Å². The van der Waals surface area contributed by atoms with E-state index >= 15 is 0 Å². The number of hydrogen-bond donors (Lipinski definition) is 0. The van der Waals surface area contributed by atoms with Crippen LogP contribution < -0.4 is 4.74 Å². The van der Waals surface area contributed by atoms with E-state index in [0.29, 0.717) is 5.88 Å². The summed E-state index contributed by atoms with van der Waals surface area (Å²) in [7, 11) is 1.63. The first kappa shape index (κ1) is 11.6. The van der Waals surface area contributed by atoms with Crippen molar-refractivity contribution in [3.8, 4) is 5.88 Å². The summed E-state index contributed by atoms with van der Waals surface area (Å²) in [5.41, 5.74) is 2.25. The van der Waals surface area contributed by atoms with Gasteiger partial charge in [0.2, 0.25) is 5.88 Å². The van der Waals surface area contributed by atoms with E-state index in [4.69, 9.17) is 4.74 Å². The van der Waals surface area contributed by atoms with Gasteiger partial charge in [-0.15, -0.1) is 0 Å². The predicted molar refractivity (Wildman–Crippen MR) is 67.2 cm³/mol. The molecule has 3 heteroatoms. The quantitative estimate of drug-likeness (QED) is 0.806. The summed E-state index contributed by atoms with van der Waals surface area (Å²) >= 11 is 0. The molecule has 0 spiro atoms. The number of aryl methyl sites for hydroxylation is 3. The zero-order valence-electron chi connectivity index (χ0n) is 10.2. The second kappa shape index (κ2) is 5.43. The molecule has 0 amide bonds. The van der Waals surface area contributed by atoms with Crippen molar-refractivity contribution in [2.24, 2.45) is 0 Å². The van der Waals surface area contributed by atoms with E-state index in [0.717, 1.165) is 24.4 Å². The van der Waals surface area contributed by atoms with E-state index in [-0.39, 0.29) is 0 Å². The van der Waals surface area contributed by atoms with Crippen molar-refractivity contribution < 1.29 is 4.74 Å². The van der Waals surface area contributed by atoms with E-state index in [1.165, 1.54) is 5.56 Å². The molecule has 1 aromatic heterocycles. The molecular weight excluding hydrogens is 212 g/mol. The summed E-state index contributed by atoms with van der Waals surface area (Å²) in [6.07, 6.45) is 1.79. The molecule has 0 unspecified atom stereocenters. The molecule has 3 nitrogen and oxygen atoms in total. The monoisotopic (exact) mass is 228 g/mol. The number of nitrogens with zero attached hydrogens (tertiary/aromatic N) is 2. The number of aromatic nitrogens is 2. The van der Waals surface area contributed by atoms with E-state index in [9.17, 15) is 0 Å². The smallest absolute Gasteiger partial charge is 0.216 e.